The molecule has 0 amide bonds. The fraction of sp³-hybridized carbons (Fsp3) is 0.533. The van der Waals surface area contributed by atoms with E-state index in [1.54, 1.807) is 6.07 Å². The Kier molecular flexibility index (Phi) is 5.68. The normalized spacial score (nSPS) is 16.8. The molecule has 20 heavy (non-hydrogen) atoms. The first-order chi connectivity index (χ1) is 9.70. The van der Waals surface area contributed by atoms with E-state index in [1.165, 1.54) is 32.1 Å². The van der Waals surface area contributed by atoms with Crippen molar-refractivity contribution in [2.45, 2.75) is 38.6 Å². The van der Waals surface area contributed by atoms with Crippen LogP contribution in [0, 0.1) is 5.92 Å². The number of nitrogens with one attached hydrogen (secondary N) is 1. The summed E-state index contributed by atoms with van der Waals surface area (Å²) in [5.41, 5.74) is 7.20. The Morgan fingerprint density at radius 3 is 2.80 bits per heavy atom. The highest BCUT2D eigenvalue weighted by Crippen LogP contribution is 2.27. The molecule has 0 radical (unpaired) electrons. The van der Waals surface area contributed by atoms with Crippen molar-refractivity contribution >= 4 is 17.4 Å². The summed E-state index contributed by atoms with van der Waals surface area (Å²) in [6.07, 6.45) is 6.81. The first-order valence-electron chi connectivity index (χ1n) is 7.17. The van der Waals surface area contributed by atoms with Crippen molar-refractivity contribution in [2.75, 3.05) is 6.54 Å². The Morgan fingerprint density at radius 2 is 2.15 bits per heavy atom. The monoisotopic (exact) mass is 295 g/mol. The number of oxime groups is 1. The summed E-state index contributed by atoms with van der Waals surface area (Å²) in [6.45, 7) is 1.78. The highest BCUT2D eigenvalue weighted by molar-refractivity contribution is 6.31. The zero-order chi connectivity index (χ0) is 14.4. The Hall–Kier alpha value is -1.26. The third-order valence-corrected chi connectivity index (χ3v) is 4.33. The fourth-order valence-electron chi connectivity index (χ4n) is 2.74. The molecular weight excluding hydrogens is 274 g/mol. The van der Waals surface area contributed by atoms with Crippen LogP contribution in [0.15, 0.2) is 23.4 Å². The van der Waals surface area contributed by atoms with Crippen LogP contribution < -0.4 is 11.1 Å². The molecule has 1 saturated carbocycles. The van der Waals surface area contributed by atoms with Gasteiger partial charge in [0.15, 0.2) is 5.84 Å². The highest BCUT2D eigenvalue weighted by atomic mass is 35.5. The number of hydrogen-bond donors (Lipinski definition) is 3. The van der Waals surface area contributed by atoms with Gasteiger partial charge in [-0.25, -0.2) is 0 Å². The molecule has 4 N–H and O–H groups in total. The summed E-state index contributed by atoms with van der Waals surface area (Å²) in [6, 6.07) is 5.46. The molecule has 2 rings (SSSR count). The largest absolute Gasteiger partial charge is 0.409 e. The number of amidine groups is 1. The highest BCUT2D eigenvalue weighted by Gasteiger charge is 2.14. The lowest BCUT2D eigenvalue weighted by Crippen LogP contribution is -2.18. The SMILES string of the molecule is N/C(=N/O)c1ccc(CNCCC2CCCC2)c(Cl)c1. The molecule has 5 heteroatoms. The average Bonchev–Trinajstić information content (AvgIpc) is 2.97. The molecule has 0 heterocycles. The quantitative estimate of drug-likeness (QED) is 0.248. The molecule has 110 valence electrons. The average molecular weight is 296 g/mol. The molecule has 0 unspecified atom stereocenters. The number of hydrogen-bond acceptors (Lipinski definition) is 3. The van der Waals surface area contributed by atoms with E-state index in [-0.39, 0.29) is 5.84 Å². The van der Waals surface area contributed by atoms with Crippen LogP contribution in [0.2, 0.25) is 5.02 Å². The van der Waals surface area contributed by atoms with E-state index in [0.717, 1.165) is 24.6 Å². The van der Waals surface area contributed by atoms with Gasteiger partial charge in [-0.1, -0.05) is 54.6 Å². The van der Waals surface area contributed by atoms with Gasteiger partial charge < -0.3 is 16.3 Å². The van der Waals surface area contributed by atoms with Crippen molar-refractivity contribution in [1.82, 2.24) is 5.32 Å². The Bertz CT molecular complexity index is 470. The van der Waals surface area contributed by atoms with Gasteiger partial charge in [0.1, 0.15) is 0 Å². The number of rotatable bonds is 6. The third-order valence-electron chi connectivity index (χ3n) is 3.98. The van der Waals surface area contributed by atoms with Crippen molar-refractivity contribution in [3.8, 4) is 0 Å². The van der Waals surface area contributed by atoms with Crippen LogP contribution in [-0.2, 0) is 6.54 Å². The molecule has 0 aromatic heterocycles. The van der Waals surface area contributed by atoms with E-state index in [9.17, 15) is 0 Å². The van der Waals surface area contributed by atoms with Crippen LogP contribution in [0.4, 0.5) is 0 Å². The van der Waals surface area contributed by atoms with E-state index in [4.69, 9.17) is 22.5 Å². The fourth-order valence-corrected chi connectivity index (χ4v) is 2.98. The zero-order valence-corrected chi connectivity index (χ0v) is 12.4. The molecule has 0 bridgehead atoms. The van der Waals surface area contributed by atoms with Crippen LogP contribution in [0.5, 0.6) is 0 Å². The summed E-state index contributed by atoms with van der Waals surface area (Å²) in [5, 5.41) is 15.7. The second kappa shape index (κ2) is 7.50. The molecule has 0 atom stereocenters. The molecule has 1 aliphatic rings. The first-order valence-corrected chi connectivity index (χ1v) is 7.55. The summed E-state index contributed by atoms with van der Waals surface area (Å²) in [4.78, 5) is 0. The molecule has 1 aromatic carbocycles. The minimum atomic E-state index is 0.0765. The minimum Gasteiger partial charge on any atom is -0.409 e. The van der Waals surface area contributed by atoms with Crippen LogP contribution in [0.1, 0.15) is 43.2 Å². The number of halogens is 1. The van der Waals surface area contributed by atoms with Crippen LogP contribution in [0.25, 0.3) is 0 Å². The van der Waals surface area contributed by atoms with Crippen molar-refractivity contribution < 1.29 is 5.21 Å². The smallest absolute Gasteiger partial charge is 0.170 e. The lowest BCUT2D eigenvalue weighted by atomic mass is 10.0. The van der Waals surface area contributed by atoms with Gasteiger partial charge in [-0.3, -0.25) is 0 Å². The Labute approximate surface area is 125 Å². The summed E-state index contributed by atoms with van der Waals surface area (Å²) in [7, 11) is 0. The summed E-state index contributed by atoms with van der Waals surface area (Å²) < 4.78 is 0. The van der Waals surface area contributed by atoms with E-state index in [2.05, 4.69) is 10.5 Å². The number of nitrogens with zero attached hydrogens (tertiary/aromatic N) is 1. The molecule has 0 spiro atoms. The van der Waals surface area contributed by atoms with Gasteiger partial charge >= 0.3 is 0 Å². The van der Waals surface area contributed by atoms with Gasteiger partial charge in [0, 0.05) is 17.1 Å². The third kappa shape index (κ3) is 4.12. The van der Waals surface area contributed by atoms with Crippen molar-refractivity contribution in [3.63, 3.8) is 0 Å². The second-order valence-electron chi connectivity index (χ2n) is 5.41. The summed E-state index contributed by atoms with van der Waals surface area (Å²) >= 11 is 6.20. The van der Waals surface area contributed by atoms with E-state index >= 15 is 0 Å². The van der Waals surface area contributed by atoms with Crippen LogP contribution in [-0.4, -0.2) is 17.6 Å². The molecule has 1 fully saturated rings. The van der Waals surface area contributed by atoms with Crippen molar-refractivity contribution in [2.24, 2.45) is 16.8 Å². The van der Waals surface area contributed by atoms with E-state index in [1.807, 2.05) is 12.1 Å². The standard InChI is InChI=1S/C15H22ClN3O/c16-14-9-12(15(17)19-20)5-6-13(14)10-18-8-7-11-3-1-2-4-11/h5-6,9,11,18,20H,1-4,7-8,10H2,(H2,17,19). The summed E-state index contributed by atoms with van der Waals surface area (Å²) in [5.74, 6) is 0.980. The van der Waals surface area contributed by atoms with E-state index < -0.39 is 0 Å². The molecule has 0 aliphatic heterocycles. The van der Waals surface area contributed by atoms with Crippen molar-refractivity contribution in [3.05, 3.63) is 34.3 Å². The predicted molar refractivity (Wildman–Crippen MR) is 82.2 cm³/mol. The Morgan fingerprint density at radius 1 is 1.40 bits per heavy atom. The Balaban J connectivity index is 1.80. The van der Waals surface area contributed by atoms with E-state index in [0.29, 0.717) is 10.6 Å². The molecule has 1 aliphatic carbocycles. The molecular formula is C15H22ClN3O. The van der Waals surface area contributed by atoms with Gasteiger partial charge in [-0.2, -0.15) is 0 Å². The van der Waals surface area contributed by atoms with Crippen molar-refractivity contribution in [1.29, 1.82) is 0 Å². The first kappa shape index (κ1) is 15.1. The maximum absolute atomic E-state index is 8.63. The topological polar surface area (TPSA) is 70.6 Å². The van der Waals surface area contributed by atoms with Gasteiger partial charge in [-0.15, -0.1) is 0 Å². The van der Waals surface area contributed by atoms with Gasteiger partial charge in [0.05, 0.1) is 0 Å². The van der Waals surface area contributed by atoms with Crippen LogP contribution >= 0.6 is 11.6 Å². The number of nitrogens with two attached hydrogens (primary N) is 1. The predicted octanol–water partition coefficient (Wildman–Crippen LogP) is 3.10. The maximum atomic E-state index is 8.63. The zero-order valence-electron chi connectivity index (χ0n) is 11.6. The minimum absolute atomic E-state index is 0.0765. The van der Waals surface area contributed by atoms with Gasteiger partial charge in [0.2, 0.25) is 0 Å². The maximum Gasteiger partial charge on any atom is 0.170 e. The molecule has 4 nitrogen and oxygen atoms in total. The molecule has 0 saturated heterocycles. The lowest BCUT2D eigenvalue weighted by Gasteiger charge is -2.11. The van der Waals surface area contributed by atoms with Gasteiger partial charge in [-0.05, 0) is 30.5 Å². The number of benzene rings is 1. The second-order valence-corrected chi connectivity index (χ2v) is 5.81. The molecule has 1 aromatic rings. The van der Waals surface area contributed by atoms with Crippen LogP contribution in [0.3, 0.4) is 0 Å². The van der Waals surface area contributed by atoms with Gasteiger partial charge in [0.25, 0.3) is 0 Å². The lowest BCUT2D eigenvalue weighted by molar-refractivity contribution is 0.318.